The van der Waals surface area contributed by atoms with Crippen molar-refractivity contribution in [3.63, 3.8) is 0 Å². The average Bonchev–Trinajstić information content (AvgIpc) is 2.92. The summed E-state index contributed by atoms with van der Waals surface area (Å²) in [7, 11) is 1.60. The van der Waals surface area contributed by atoms with E-state index in [1.165, 1.54) is 17.8 Å². The van der Waals surface area contributed by atoms with Crippen LogP contribution >= 0.6 is 11.8 Å². The number of amides is 2. The number of halogens is 1. The molecule has 0 unspecified atom stereocenters. The Labute approximate surface area is 189 Å². The highest BCUT2D eigenvalue weighted by Crippen LogP contribution is 2.42. The number of hydrogen-bond donors (Lipinski definition) is 1. The number of fused-ring (bicyclic) bond motifs is 2. The van der Waals surface area contributed by atoms with E-state index >= 15 is 0 Å². The number of alkyl halides is 1. The van der Waals surface area contributed by atoms with Gasteiger partial charge in [-0.15, -0.1) is 0 Å². The van der Waals surface area contributed by atoms with Crippen molar-refractivity contribution in [2.24, 2.45) is 0 Å². The molecule has 0 aromatic heterocycles. The van der Waals surface area contributed by atoms with Gasteiger partial charge in [0.25, 0.3) is 11.8 Å². The molecule has 8 heteroatoms. The fraction of sp³-hybridized carbons (Fsp3) is 0.167. The number of carbonyl (C=O) groups excluding carboxylic acids is 2. The van der Waals surface area contributed by atoms with Crippen LogP contribution in [-0.4, -0.2) is 38.9 Å². The molecule has 164 valence electrons. The number of nitrogens with one attached hydrogen (secondary N) is 1. The Kier molecular flexibility index (Phi) is 6.72. The fourth-order valence-electron chi connectivity index (χ4n) is 3.40. The Hall–Kier alpha value is -3.36. The molecule has 0 radical (unpaired) electrons. The SMILES string of the molecule is COCCN1C(=O)c2ccccc2Sc2cc(NC(=O)c3cccc(OCF)c3)ccc21. The molecule has 32 heavy (non-hydrogen) atoms. The molecule has 0 spiro atoms. The second-order valence-electron chi connectivity index (χ2n) is 6.97. The van der Waals surface area contributed by atoms with Crippen LogP contribution in [-0.2, 0) is 4.74 Å². The van der Waals surface area contributed by atoms with Gasteiger partial charge in [0.15, 0.2) is 0 Å². The zero-order valence-corrected chi connectivity index (χ0v) is 18.2. The second-order valence-corrected chi connectivity index (χ2v) is 8.05. The minimum absolute atomic E-state index is 0.0923. The van der Waals surface area contributed by atoms with Crippen LogP contribution in [0.15, 0.2) is 76.5 Å². The van der Waals surface area contributed by atoms with Crippen LogP contribution < -0.4 is 15.0 Å². The molecule has 1 heterocycles. The summed E-state index contributed by atoms with van der Waals surface area (Å²) in [5, 5.41) is 2.86. The molecular formula is C24H21FN2O4S. The van der Waals surface area contributed by atoms with Crippen molar-refractivity contribution in [2.75, 3.05) is 37.3 Å². The van der Waals surface area contributed by atoms with E-state index in [0.717, 1.165) is 15.5 Å². The van der Waals surface area contributed by atoms with Gasteiger partial charge in [-0.25, -0.2) is 4.39 Å². The van der Waals surface area contributed by atoms with Gasteiger partial charge in [0.1, 0.15) is 5.75 Å². The van der Waals surface area contributed by atoms with E-state index in [9.17, 15) is 14.0 Å². The second kappa shape index (κ2) is 9.84. The van der Waals surface area contributed by atoms with Crippen molar-refractivity contribution < 1.29 is 23.5 Å². The number of methoxy groups -OCH3 is 1. The zero-order chi connectivity index (χ0) is 22.5. The quantitative estimate of drug-likeness (QED) is 0.546. The maximum atomic E-state index is 13.2. The van der Waals surface area contributed by atoms with E-state index in [0.29, 0.717) is 30.0 Å². The Morgan fingerprint density at radius 1 is 1.06 bits per heavy atom. The van der Waals surface area contributed by atoms with Crippen molar-refractivity contribution in [1.29, 1.82) is 0 Å². The first kappa shape index (κ1) is 21.9. The molecule has 1 N–H and O–H groups in total. The molecule has 6 nitrogen and oxygen atoms in total. The van der Waals surface area contributed by atoms with Crippen LogP contribution in [0.25, 0.3) is 0 Å². The highest BCUT2D eigenvalue weighted by Gasteiger charge is 2.27. The number of rotatable bonds is 7. The standard InChI is InChI=1S/C24H21FN2O4S/c1-30-12-11-27-20-10-9-17(26-23(28)16-5-4-6-18(13-16)31-15-25)14-22(20)32-21-8-3-2-7-19(21)24(27)29/h2-10,13-14H,11-12,15H2,1H3,(H,26,28). The van der Waals surface area contributed by atoms with Crippen LogP contribution in [0.4, 0.5) is 15.8 Å². The number of carbonyl (C=O) groups is 2. The summed E-state index contributed by atoms with van der Waals surface area (Å²) in [5.41, 5.74) is 2.31. The topological polar surface area (TPSA) is 67.9 Å². The monoisotopic (exact) mass is 452 g/mol. The van der Waals surface area contributed by atoms with Crippen molar-refractivity contribution in [3.05, 3.63) is 77.9 Å². The molecule has 0 fully saturated rings. The summed E-state index contributed by atoms with van der Waals surface area (Å²) in [4.78, 5) is 29.3. The lowest BCUT2D eigenvalue weighted by molar-refractivity contribution is 0.0972. The lowest BCUT2D eigenvalue weighted by Gasteiger charge is -2.23. The molecular weight excluding hydrogens is 431 g/mol. The molecule has 4 rings (SSSR count). The molecule has 2 amide bonds. The van der Waals surface area contributed by atoms with Crippen LogP contribution in [0.5, 0.6) is 5.75 Å². The van der Waals surface area contributed by atoms with Gasteiger partial charge in [0.05, 0.1) is 17.9 Å². The Morgan fingerprint density at radius 2 is 1.91 bits per heavy atom. The summed E-state index contributed by atoms with van der Waals surface area (Å²) in [5.74, 6) is -0.160. The van der Waals surface area contributed by atoms with Crippen LogP contribution in [0.1, 0.15) is 20.7 Å². The van der Waals surface area contributed by atoms with Gasteiger partial charge in [-0.1, -0.05) is 30.0 Å². The van der Waals surface area contributed by atoms with Gasteiger partial charge < -0.3 is 19.7 Å². The largest absolute Gasteiger partial charge is 0.463 e. The fourth-order valence-corrected chi connectivity index (χ4v) is 4.52. The molecule has 0 aliphatic carbocycles. The third kappa shape index (κ3) is 4.61. The Balaban J connectivity index is 1.64. The summed E-state index contributed by atoms with van der Waals surface area (Å²) >= 11 is 1.47. The van der Waals surface area contributed by atoms with Gasteiger partial charge >= 0.3 is 0 Å². The highest BCUT2D eigenvalue weighted by atomic mass is 32.2. The molecule has 0 bridgehead atoms. The van der Waals surface area contributed by atoms with E-state index in [1.807, 2.05) is 36.4 Å². The minimum atomic E-state index is -0.965. The maximum absolute atomic E-state index is 13.2. The zero-order valence-electron chi connectivity index (χ0n) is 17.3. The third-order valence-electron chi connectivity index (χ3n) is 4.93. The Morgan fingerprint density at radius 3 is 2.72 bits per heavy atom. The van der Waals surface area contributed by atoms with Gasteiger partial charge in [0, 0.05) is 34.7 Å². The first-order valence-electron chi connectivity index (χ1n) is 9.92. The minimum Gasteiger partial charge on any atom is -0.463 e. The number of benzene rings is 3. The molecule has 0 saturated carbocycles. The maximum Gasteiger partial charge on any atom is 0.259 e. The van der Waals surface area contributed by atoms with Gasteiger partial charge in [0.2, 0.25) is 6.86 Å². The van der Waals surface area contributed by atoms with E-state index in [-0.39, 0.29) is 17.6 Å². The normalized spacial score (nSPS) is 12.6. The van der Waals surface area contributed by atoms with Crippen LogP contribution in [0, 0.1) is 0 Å². The lowest BCUT2D eigenvalue weighted by atomic mass is 10.1. The van der Waals surface area contributed by atoms with Gasteiger partial charge in [-0.05, 0) is 48.5 Å². The number of anilines is 2. The van der Waals surface area contributed by atoms with Crippen molar-refractivity contribution in [2.45, 2.75) is 9.79 Å². The molecule has 1 aliphatic heterocycles. The molecule has 0 atom stereocenters. The average molecular weight is 453 g/mol. The van der Waals surface area contributed by atoms with Crippen LogP contribution in [0.2, 0.25) is 0 Å². The third-order valence-corrected chi connectivity index (χ3v) is 6.05. The van der Waals surface area contributed by atoms with Gasteiger partial charge in [-0.3, -0.25) is 9.59 Å². The Bertz CT molecular complexity index is 1150. The van der Waals surface area contributed by atoms with E-state index in [4.69, 9.17) is 9.47 Å². The molecule has 1 aliphatic rings. The highest BCUT2D eigenvalue weighted by molar-refractivity contribution is 7.99. The van der Waals surface area contributed by atoms with Crippen LogP contribution in [0.3, 0.4) is 0 Å². The predicted octanol–water partition coefficient (Wildman–Crippen LogP) is 5.00. The van der Waals surface area contributed by atoms with Crippen molar-refractivity contribution in [1.82, 2.24) is 0 Å². The van der Waals surface area contributed by atoms with Gasteiger partial charge in [-0.2, -0.15) is 0 Å². The lowest BCUT2D eigenvalue weighted by Crippen LogP contribution is -2.33. The number of nitrogens with zero attached hydrogens (tertiary/aromatic N) is 1. The predicted molar refractivity (Wildman–Crippen MR) is 122 cm³/mol. The molecule has 3 aromatic rings. The van der Waals surface area contributed by atoms with E-state index in [1.54, 1.807) is 36.3 Å². The first-order valence-corrected chi connectivity index (χ1v) is 10.7. The molecule has 3 aromatic carbocycles. The van der Waals surface area contributed by atoms with E-state index < -0.39 is 6.86 Å². The van der Waals surface area contributed by atoms with Crippen molar-refractivity contribution >= 4 is 35.0 Å². The van der Waals surface area contributed by atoms with Crippen molar-refractivity contribution in [3.8, 4) is 5.75 Å². The summed E-state index contributed by atoms with van der Waals surface area (Å²) in [6, 6.07) is 19.2. The summed E-state index contributed by atoms with van der Waals surface area (Å²) in [6.45, 7) is -0.162. The summed E-state index contributed by atoms with van der Waals surface area (Å²) in [6.07, 6.45) is 0. The summed E-state index contributed by atoms with van der Waals surface area (Å²) < 4.78 is 22.5. The smallest absolute Gasteiger partial charge is 0.259 e. The number of hydrogen-bond acceptors (Lipinski definition) is 5. The first-order chi connectivity index (χ1) is 15.6. The molecule has 0 saturated heterocycles. The number of ether oxygens (including phenoxy) is 2. The van der Waals surface area contributed by atoms with E-state index in [2.05, 4.69) is 5.32 Å².